The van der Waals surface area contributed by atoms with E-state index in [4.69, 9.17) is 18.9 Å². The highest BCUT2D eigenvalue weighted by molar-refractivity contribution is 5.96. The number of phenols is 2. The van der Waals surface area contributed by atoms with Gasteiger partial charge in [-0.3, -0.25) is 0 Å². The lowest BCUT2D eigenvalue weighted by atomic mass is 10.1. The van der Waals surface area contributed by atoms with Crippen LogP contribution in [-0.4, -0.2) is 74.7 Å². The van der Waals surface area contributed by atoms with E-state index in [0.717, 1.165) is 26.4 Å². The summed E-state index contributed by atoms with van der Waals surface area (Å²) in [5, 5.41) is 19.7. The lowest BCUT2D eigenvalue weighted by Gasteiger charge is -2.23. The number of aromatic hydroxyl groups is 2. The molecule has 0 saturated heterocycles. The Labute approximate surface area is 193 Å². The van der Waals surface area contributed by atoms with E-state index in [1.165, 1.54) is 38.5 Å². The van der Waals surface area contributed by atoms with Gasteiger partial charge in [0.05, 0.1) is 39.6 Å². The third-order valence-corrected chi connectivity index (χ3v) is 4.44. The molecule has 0 aliphatic rings. The Balaban J connectivity index is 2.35. The number of esters is 4. The number of carbonyl (C=O) groups is 4. The molecule has 2 aromatic rings. The Kier molecular flexibility index (Phi) is 8.65. The molecule has 12 heteroatoms. The molecule has 0 unspecified atom stereocenters. The molecule has 12 nitrogen and oxygen atoms in total. The molecule has 0 spiro atoms. The Hall–Kier alpha value is -4.48. The Bertz CT molecular complexity index is 992. The van der Waals surface area contributed by atoms with E-state index in [-0.39, 0.29) is 34.1 Å². The van der Waals surface area contributed by atoms with Gasteiger partial charge in [0.15, 0.2) is 23.0 Å². The maximum Gasteiger partial charge on any atom is 0.351 e. The van der Waals surface area contributed by atoms with E-state index < -0.39 is 36.1 Å². The molecule has 34 heavy (non-hydrogen) atoms. The fourth-order valence-corrected chi connectivity index (χ4v) is 2.70. The first-order valence-corrected chi connectivity index (χ1v) is 9.48. The van der Waals surface area contributed by atoms with Crippen molar-refractivity contribution in [1.29, 1.82) is 0 Å². The van der Waals surface area contributed by atoms with Crippen molar-refractivity contribution in [3.8, 4) is 23.0 Å². The molecule has 2 N–H and O–H groups in total. The first-order valence-electron chi connectivity index (χ1n) is 9.48. The molecule has 0 aliphatic carbocycles. The van der Waals surface area contributed by atoms with E-state index in [1.807, 2.05) is 0 Å². The van der Waals surface area contributed by atoms with Crippen LogP contribution in [0.4, 0.5) is 0 Å². The molecule has 0 aromatic heterocycles. The van der Waals surface area contributed by atoms with Gasteiger partial charge < -0.3 is 38.6 Å². The molecule has 2 aromatic carbocycles. The second-order valence-electron chi connectivity index (χ2n) is 6.47. The van der Waals surface area contributed by atoms with Crippen LogP contribution in [0, 0.1) is 0 Å². The fourth-order valence-electron chi connectivity index (χ4n) is 2.70. The van der Waals surface area contributed by atoms with Crippen molar-refractivity contribution in [3.05, 3.63) is 47.5 Å². The van der Waals surface area contributed by atoms with Gasteiger partial charge in [-0.25, -0.2) is 19.2 Å². The van der Waals surface area contributed by atoms with Gasteiger partial charge in [-0.1, -0.05) is 0 Å². The zero-order chi connectivity index (χ0) is 25.4. The molecule has 0 heterocycles. The number of rotatable bonds is 9. The second-order valence-corrected chi connectivity index (χ2v) is 6.47. The average molecular weight is 478 g/mol. The normalized spacial score (nSPS) is 12.0. The van der Waals surface area contributed by atoms with Crippen molar-refractivity contribution < 1.29 is 57.8 Å². The minimum atomic E-state index is -2.06. The molecule has 182 valence electrons. The summed E-state index contributed by atoms with van der Waals surface area (Å²) in [7, 11) is 4.52. The Morgan fingerprint density at radius 1 is 0.647 bits per heavy atom. The predicted molar refractivity (Wildman–Crippen MR) is 112 cm³/mol. The summed E-state index contributed by atoms with van der Waals surface area (Å²) in [5.41, 5.74) is -0.413. The van der Waals surface area contributed by atoms with Crippen LogP contribution in [0.3, 0.4) is 0 Å². The minimum absolute atomic E-state index is 0.0742. The van der Waals surface area contributed by atoms with Crippen molar-refractivity contribution in [2.75, 3.05) is 28.4 Å². The van der Waals surface area contributed by atoms with Gasteiger partial charge in [-0.2, -0.15) is 0 Å². The summed E-state index contributed by atoms with van der Waals surface area (Å²) in [6.45, 7) is 0. The van der Waals surface area contributed by atoms with Crippen LogP contribution in [0.15, 0.2) is 36.4 Å². The summed E-state index contributed by atoms with van der Waals surface area (Å²) in [6.07, 6.45) is -4.13. The number of phenolic OH excluding ortho intramolecular Hbond substituents is 2. The number of carbonyl (C=O) groups excluding carboxylic acids is 4. The number of hydrogen-bond donors (Lipinski definition) is 2. The highest BCUT2D eigenvalue weighted by Gasteiger charge is 2.42. The lowest BCUT2D eigenvalue weighted by Crippen LogP contribution is -2.47. The number of ether oxygens (including phenoxy) is 6. The maximum absolute atomic E-state index is 12.6. The van der Waals surface area contributed by atoms with Gasteiger partial charge in [0.2, 0.25) is 12.2 Å². The zero-order valence-corrected chi connectivity index (χ0v) is 18.6. The zero-order valence-electron chi connectivity index (χ0n) is 18.6. The monoisotopic (exact) mass is 478 g/mol. The van der Waals surface area contributed by atoms with Crippen LogP contribution < -0.4 is 9.47 Å². The third-order valence-electron chi connectivity index (χ3n) is 4.44. The molecular formula is C22H22O12. The Morgan fingerprint density at radius 3 is 1.26 bits per heavy atom. The topological polar surface area (TPSA) is 164 Å². The van der Waals surface area contributed by atoms with Crippen LogP contribution in [0.2, 0.25) is 0 Å². The van der Waals surface area contributed by atoms with Crippen molar-refractivity contribution in [2.45, 2.75) is 12.2 Å². The summed E-state index contributed by atoms with van der Waals surface area (Å²) in [5.74, 6) is -5.39. The smallest absolute Gasteiger partial charge is 0.351 e. The van der Waals surface area contributed by atoms with Crippen molar-refractivity contribution >= 4 is 23.9 Å². The molecule has 0 radical (unpaired) electrons. The number of benzene rings is 2. The predicted octanol–water partition coefficient (Wildman–Crippen LogP) is 1.21. The van der Waals surface area contributed by atoms with Crippen LogP contribution in [0.5, 0.6) is 23.0 Å². The summed E-state index contributed by atoms with van der Waals surface area (Å²) in [4.78, 5) is 49.9. The molecule has 0 aliphatic heterocycles. The first kappa shape index (κ1) is 25.8. The summed E-state index contributed by atoms with van der Waals surface area (Å²) in [6, 6.07) is 7.02. The van der Waals surface area contributed by atoms with Gasteiger partial charge >= 0.3 is 23.9 Å². The highest BCUT2D eigenvalue weighted by atomic mass is 16.6. The van der Waals surface area contributed by atoms with Gasteiger partial charge in [0.25, 0.3) is 0 Å². The molecule has 2 rings (SSSR count). The van der Waals surface area contributed by atoms with Crippen LogP contribution in [0.25, 0.3) is 0 Å². The third kappa shape index (κ3) is 5.85. The SMILES string of the molecule is COC(=O)[C@@H](OC(=O)c1ccc(OC)c(O)c1)[C@H](OC(=O)c1ccc(OC)c(O)c1)C(=O)OC. The Morgan fingerprint density at radius 2 is 1.00 bits per heavy atom. The molecule has 0 saturated carbocycles. The molecule has 0 amide bonds. The maximum atomic E-state index is 12.6. The van der Waals surface area contributed by atoms with Crippen molar-refractivity contribution in [2.24, 2.45) is 0 Å². The quantitative estimate of drug-likeness (QED) is 0.392. The standard InChI is InChI=1S/C22H22O12/c1-29-15-7-5-11(9-13(15)23)19(25)33-17(21(27)31-3)18(22(28)32-4)34-20(26)12-6-8-16(30-2)14(24)10-12/h5-10,17-18,23-24H,1-4H3/t17-,18-/m0/s1. The molecular weight excluding hydrogens is 456 g/mol. The van der Waals surface area contributed by atoms with E-state index in [2.05, 4.69) is 9.47 Å². The number of methoxy groups -OCH3 is 4. The van der Waals surface area contributed by atoms with Gasteiger partial charge in [0.1, 0.15) is 0 Å². The van der Waals surface area contributed by atoms with Crippen LogP contribution >= 0.6 is 0 Å². The lowest BCUT2D eigenvalue weighted by molar-refractivity contribution is -0.170. The molecule has 2 atom stereocenters. The summed E-state index contributed by atoms with van der Waals surface area (Å²) >= 11 is 0. The van der Waals surface area contributed by atoms with E-state index >= 15 is 0 Å². The average Bonchev–Trinajstić information content (AvgIpc) is 2.84. The van der Waals surface area contributed by atoms with Gasteiger partial charge in [-0.15, -0.1) is 0 Å². The largest absolute Gasteiger partial charge is 0.504 e. The van der Waals surface area contributed by atoms with Crippen molar-refractivity contribution in [3.63, 3.8) is 0 Å². The summed E-state index contributed by atoms with van der Waals surface area (Å²) < 4.78 is 29.1. The fraction of sp³-hybridized carbons (Fsp3) is 0.273. The number of hydrogen-bond acceptors (Lipinski definition) is 12. The van der Waals surface area contributed by atoms with Crippen molar-refractivity contribution in [1.82, 2.24) is 0 Å². The van der Waals surface area contributed by atoms with E-state index in [1.54, 1.807) is 0 Å². The van der Waals surface area contributed by atoms with Crippen LogP contribution in [-0.2, 0) is 28.5 Å². The van der Waals surface area contributed by atoms with Gasteiger partial charge in [-0.05, 0) is 36.4 Å². The van der Waals surface area contributed by atoms with E-state index in [9.17, 15) is 29.4 Å². The highest BCUT2D eigenvalue weighted by Crippen LogP contribution is 2.28. The van der Waals surface area contributed by atoms with Crippen LogP contribution in [0.1, 0.15) is 20.7 Å². The first-order chi connectivity index (χ1) is 16.2. The van der Waals surface area contributed by atoms with Gasteiger partial charge in [0, 0.05) is 0 Å². The molecule has 0 fully saturated rings. The minimum Gasteiger partial charge on any atom is -0.504 e. The van der Waals surface area contributed by atoms with E-state index in [0.29, 0.717) is 0 Å². The second kappa shape index (κ2) is 11.4. The molecule has 0 bridgehead atoms.